The number of aromatic nitrogens is 1. The third kappa shape index (κ3) is 3.91. The zero-order valence-corrected chi connectivity index (χ0v) is 16.3. The molecule has 24 heavy (non-hydrogen) atoms. The molecular weight excluding hydrogens is 457 g/mol. The van der Waals surface area contributed by atoms with Crippen LogP contribution in [0.1, 0.15) is 11.1 Å². The van der Waals surface area contributed by atoms with E-state index in [1.165, 1.54) is 11.3 Å². The van der Waals surface area contributed by atoms with Crippen molar-refractivity contribution in [3.05, 3.63) is 69.3 Å². The van der Waals surface area contributed by atoms with Gasteiger partial charge in [-0.05, 0) is 22.0 Å². The molecule has 0 bridgehead atoms. The second-order valence-electron chi connectivity index (χ2n) is 4.84. The van der Waals surface area contributed by atoms with Gasteiger partial charge in [0.05, 0.1) is 16.4 Å². The predicted octanol–water partition coefficient (Wildman–Crippen LogP) is 6.05. The van der Waals surface area contributed by atoms with Crippen molar-refractivity contribution in [1.29, 1.82) is 0 Å². The Bertz CT molecular complexity index is 866. The number of thiazole rings is 1. The molecule has 0 fully saturated rings. The molecule has 0 amide bonds. The highest BCUT2D eigenvalue weighted by Gasteiger charge is 2.09. The monoisotopic (exact) mass is 467 g/mol. The maximum absolute atomic E-state index is 14.0. The molecule has 1 heterocycles. The molecule has 1 aromatic heterocycles. The van der Waals surface area contributed by atoms with Crippen LogP contribution in [-0.4, -0.2) is 11.2 Å². The molecule has 0 saturated heterocycles. The Kier molecular flexibility index (Phi) is 5.76. The molecule has 3 aromatic rings. The summed E-state index contributed by atoms with van der Waals surface area (Å²) in [5.74, 6) is -0.281. The van der Waals surface area contributed by atoms with Gasteiger partial charge in [-0.3, -0.25) is 5.43 Å². The summed E-state index contributed by atoms with van der Waals surface area (Å²) >= 11 is 7.96. The Morgan fingerprint density at radius 3 is 2.75 bits per heavy atom. The largest absolute Gasteiger partial charge is 0.253 e. The van der Waals surface area contributed by atoms with Crippen molar-refractivity contribution >= 4 is 54.5 Å². The van der Waals surface area contributed by atoms with Gasteiger partial charge in [-0.25, -0.2) is 9.37 Å². The lowest BCUT2D eigenvalue weighted by Gasteiger charge is -2.05. The van der Waals surface area contributed by atoms with Crippen LogP contribution in [0.3, 0.4) is 0 Å². The highest BCUT2D eigenvalue weighted by atomic mass is 79.9. The van der Waals surface area contributed by atoms with Gasteiger partial charge in [0.15, 0.2) is 0 Å². The highest BCUT2D eigenvalue weighted by molar-refractivity contribution is 9.10. The fraction of sp³-hybridized carbons (Fsp3) is 0.0588. The quantitative estimate of drug-likeness (QED) is 0.281. The molecule has 3 rings (SSSR count). The lowest BCUT2D eigenvalue weighted by Crippen LogP contribution is -1.97. The van der Waals surface area contributed by atoms with Crippen LogP contribution in [0.25, 0.3) is 11.3 Å². The van der Waals surface area contributed by atoms with E-state index in [1.54, 1.807) is 12.3 Å². The zero-order valence-electron chi connectivity index (χ0n) is 12.3. The fourth-order valence-electron chi connectivity index (χ4n) is 2.09. The normalized spacial score (nSPS) is 11.1. The van der Waals surface area contributed by atoms with Crippen molar-refractivity contribution in [3.8, 4) is 11.3 Å². The van der Waals surface area contributed by atoms with Gasteiger partial charge in [0.1, 0.15) is 5.82 Å². The molecule has 1 N–H and O–H groups in total. The molecule has 2 aromatic carbocycles. The predicted molar refractivity (Wildman–Crippen MR) is 105 cm³/mol. The summed E-state index contributed by atoms with van der Waals surface area (Å²) in [4.78, 5) is 4.49. The van der Waals surface area contributed by atoms with Crippen LogP contribution in [0.4, 0.5) is 9.52 Å². The Morgan fingerprint density at radius 2 is 2.00 bits per heavy atom. The van der Waals surface area contributed by atoms with Gasteiger partial charge in [0.2, 0.25) is 5.13 Å². The van der Waals surface area contributed by atoms with E-state index in [0.717, 1.165) is 11.3 Å². The standard InChI is InChI=1S/C17H12Br2FN3S/c18-8-13-12(6-7-14(19)16(13)20)9-21-23-17-22-15(10-24-17)11-4-2-1-3-5-11/h1-7,9-10H,8H2,(H,22,23). The van der Waals surface area contributed by atoms with E-state index in [9.17, 15) is 4.39 Å². The van der Waals surface area contributed by atoms with Crippen molar-refractivity contribution in [3.63, 3.8) is 0 Å². The third-order valence-corrected chi connectivity index (χ3v) is 5.22. The van der Waals surface area contributed by atoms with E-state index in [1.807, 2.05) is 41.8 Å². The van der Waals surface area contributed by atoms with Crippen LogP contribution in [0.2, 0.25) is 0 Å². The maximum atomic E-state index is 14.0. The number of alkyl halides is 1. The fourth-order valence-corrected chi connectivity index (χ4v) is 3.70. The molecule has 0 aliphatic heterocycles. The van der Waals surface area contributed by atoms with Crippen LogP contribution in [0, 0.1) is 5.82 Å². The van der Waals surface area contributed by atoms with Crippen molar-refractivity contribution in [2.24, 2.45) is 5.10 Å². The maximum Gasteiger partial charge on any atom is 0.203 e. The van der Waals surface area contributed by atoms with E-state index >= 15 is 0 Å². The van der Waals surface area contributed by atoms with E-state index in [0.29, 0.717) is 26.1 Å². The Hall–Kier alpha value is -1.57. The van der Waals surface area contributed by atoms with Gasteiger partial charge in [-0.1, -0.05) is 52.3 Å². The summed E-state index contributed by atoms with van der Waals surface area (Å²) in [6, 6.07) is 13.4. The van der Waals surface area contributed by atoms with Crippen LogP contribution in [0.5, 0.6) is 0 Å². The lowest BCUT2D eigenvalue weighted by atomic mass is 10.1. The topological polar surface area (TPSA) is 37.3 Å². The molecule has 122 valence electrons. The number of rotatable bonds is 5. The molecule has 0 saturated carbocycles. The average Bonchev–Trinajstić information content (AvgIpc) is 3.08. The molecule has 0 radical (unpaired) electrons. The van der Waals surface area contributed by atoms with E-state index in [2.05, 4.69) is 47.4 Å². The Morgan fingerprint density at radius 1 is 1.21 bits per heavy atom. The van der Waals surface area contributed by atoms with E-state index in [-0.39, 0.29) is 5.82 Å². The number of halogens is 3. The minimum atomic E-state index is -0.281. The van der Waals surface area contributed by atoms with Crippen molar-refractivity contribution < 1.29 is 4.39 Å². The van der Waals surface area contributed by atoms with Gasteiger partial charge >= 0.3 is 0 Å². The number of hydrogen-bond donors (Lipinski definition) is 1. The average molecular weight is 469 g/mol. The summed E-state index contributed by atoms with van der Waals surface area (Å²) in [7, 11) is 0. The Labute approximate surface area is 159 Å². The summed E-state index contributed by atoms with van der Waals surface area (Å²) in [6.45, 7) is 0. The molecule has 0 aliphatic carbocycles. The molecule has 7 heteroatoms. The second kappa shape index (κ2) is 8.00. The first-order valence-corrected chi connectivity index (χ1v) is 9.81. The molecule has 0 atom stereocenters. The van der Waals surface area contributed by atoms with Gasteiger partial charge in [0.25, 0.3) is 0 Å². The first-order valence-electron chi connectivity index (χ1n) is 7.02. The SMILES string of the molecule is Fc1c(Br)ccc(C=NNc2nc(-c3ccccc3)cs2)c1CBr. The smallest absolute Gasteiger partial charge is 0.203 e. The minimum Gasteiger partial charge on any atom is -0.253 e. The number of hydrazone groups is 1. The molecule has 0 unspecified atom stereocenters. The number of hydrogen-bond acceptors (Lipinski definition) is 4. The summed E-state index contributed by atoms with van der Waals surface area (Å²) in [5, 5.41) is 7.23. The summed E-state index contributed by atoms with van der Waals surface area (Å²) in [6.07, 6.45) is 1.59. The van der Waals surface area contributed by atoms with Crippen LogP contribution in [0.15, 0.2) is 57.4 Å². The van der Waals surface area contributed by atoms with Crippen LogP contribution in [-0.2, 0) is 5.33 Å². The van der Waals surface area contributed by atoms with E-state index in [4.69, 9.17) is 0 Å². The van der Waals surface area contributed by atoms with Crippen LogP contribution >= 0.6 is 43.2 Å². The first kappa shape index (κ1) is 17.3. The molecule has 0 spiro atoms. The molecular formula is C17H12Br2FN3S. The van der Waals surface area contributed by atoms with Crippen molar-refractivity contribution in [2.45, 2.75) is 5.33 Å². The number of benzene rings is 2. The van der Waals surface area contributed by atoms with Gasteiger partial charge in [-0.15, -0.1) is 11.3 Å². The van der Waals surface area contributed by atoms with Gasteiger partial charge in [-0.2, -0.15) is 5.10 Å². The summed E-state index contributed by atoms with van der Waals surface area (Å²) in [5.41, 5.74) is 6.11. The number of nitrogens with zero attached hydrogens (tertiary/aromatic N) is 2. The number of anilines is 1. The molecule has 0 aliphatic rings. The van der Waals surface area contributed by atoms with Gasteiger partial charge in [0, 0.05) is 27.4 Å². The van der Waals surface area contributed by atoms with Crippen molar-refractivity contribution in [1.82, 2.24) is 4.98 Å². The minimum absolute atomic E-state index is 0.281. The number of nitrogens with one attached hydrogen (secondary N) is 1. The first-order chi connectivity index (χ1) is 11.7. The third-order valence-electron chi connectivity index (χ3n) is 3.30. The van der Waals surface area contributed by atoms with E-state index < -0.39 is 0 Å². The summed E-state index contributed by atoms with van der Waals surface area (Å²) < 4.78 is 14.5. The van der Waals surface area contributed by atoms with Crippen LogP contribution < -0.4 is 5.43 Å². The van der Waals surface area contributed by atoms with Gasteiger partial charge < -0.3 is 0 Å². The lowest BCUT2D eigenvalue weighted by molar-refractivity contribution is 0.610. The van der Waals surface area contributed by atoms with Crippen molar-refractivity contribution in [2.75, 3.05) is 5.43 Å². The highest BCUT2D eigenvalue weighted by Crippen LogP contribution is 2.25. The Balaban J connectivity index is 1.74. The zero-order chi connectivity index (χ0) is 16.9. The second-order valence-corrected chi connectivity index (χ2v) is 7.11. The molecule has 3 nitrogen and oxygen atoms in total.